The second kappa shape index (κ2) is 11.2. The number of hydrogen-bond donors (Lipinski definition) is 1. The van der Waals surface area contributed by atoms with Gasteiger partial charge in [-0.15, -0.1) is 10.2 Å². The zero-order valence-electron chi connectivity index (χ0n) is 18.1. The molecule has 8 nitrogen and oxygen atoms in total. The van der Waals surface area contributed by atoms with Crippen molar-refractivity contribution in [3.8, 4) is 11.5 Å². The molecule has 0 unspecified atom stereocenters. The maximum atomic E-state index is 12.5. The lowest BCUT2D eigenvalue weighted by atomic mass is 10.3. The van der Waals surface area contributed by atoms with Crippen molar-refractivity contribution in [3.63, 3.8) is 0 Å². The Balaban J connectivity index is 1.40. The van der Waals surface area contributed by atoms with Crippen LogP contribution in [0, 0.1) is 0 Å². The maximum absolute atomic E-state index is 12.5. The van der Waals surface area contributed by atoms with Crippen LogP contribution in [0.2, 0.25) is 0 Å². The predicted octanol–water partition coefficient (Wildman–Crippen LogP) is 4.63. The molecule has 0 bridgehead atoms. The highest BCUT2D eigenvalue weighted by atomic mass is 32.2. The van der Waals surface area contributed by atoms with Crippen LogP contribution < -0.4 is 14.8 Å². The third kappa shape index (κ3) is 6.39. The summed E-state index contributed by atoms with van der Waals surface area (Å²) in [6.45, 7) is 3.21. The summed E-state index contributed by atoms with van der Waals surface area (Å²) in [7, 11) is 0. The summed E-state index contributed by atoms with van der Waals surface area (Å²) in [4.78, 5) is 12.5. The van der Waals surface area contributed by atoms with Crippen molar-refractivity contribution in [2.45, 2.75) is 25.2 Å². The smallest absolute Gasteiger partial charge is 0.234 e. The number of benzene rings is 2. The van der Waals surface area contributed by atoms with Crippen LogP contribution in [-0.4, -0.2) is 33.0 Å². The van der Waals surface area contributed by atoms with Crippen molar-refractivity contribution in [2.75, 3.05) is 17.7 Å². The van der Waals surface area contributed by atoms with Crippen molar-refractivity contribution < 1.29 is 18.7 Å². The van der Waals surface area contributed by atoms with Crippen LogP contribution in [0.1, 0.15) is 18.5 Å². The van der Waals surface area contributed by atoms with E-state index in [2.05, 4.69) is 15.5 Å². The molecule has 0 spiro atoms. The fraction of sp³-hybridized carbons (Fsp3) is 0.208. The average molecular weight is 465 g/mol. The summed E-state index contributed by atoms with van der Waals surface area (Å²) in [6, 6.07) is 20.5. The standard InChI is InChI=1S/C24H24N4O4S/c1-2-30-20-12-10-18(11-13-20)25-23(29)17-33-24-27-26-22(16-32-19-7-4-3-5-8-19)28(24)15-21-9-6-14-31-21/h3-14H,2,15-17H2,1H3,(H,25,29). The fourth-order valence-corrected chi connectivity index (χ4v) is 3.80. The van der Waals surface area contributed by atoms with Gasteiger partial charge >= 0.3 is 0 Å². The molecule has 4 rings (SSSR count). The van der Waals surface area contributed by atoms with Crippen molar-refractivity contribution in [1.29, 1.82) is 0 Å². The van der Waals surface area contributed by atoms with Gasteiger partial charge in [-0.3, -0.25) is 9.36 Å². The first-order chi connectivity index (χ1) is 16.2. The minimum atomic E-state index is -0.140. The average Bonchev–Trinajstić information content (AvgIpc) is 3.49. The normalized spacial score (nSPS) is 10.7. The van der Waals surface area contributed by atoms with Gasteiger partial charge in [-0.1, -0.05) is 30.0 Å². The maximum Gasteiger partial charge on any atom is 0.234 e. The van der Waals surface area contributed by atoms with E-state index in [9.17, 15) is 4.79 Å². The van der Waals surface area contributed by atoms with Gasteiger partial charge < -0.3 is 19.2 Å². The molecule has 2 heterocycles. The number of para-hydroxylation sites is 1. The number of thioether (sulfide) groups is 1. The fourth-order valence-electron chi connectivity index (χ4n) is 3.04. The molecule has 170 valence electrons. The van der Waals surface area contributed by atoms with Crippen LogP contribution in [-0.2, 0) is 17.9 Å². The molecule has 33 heavy (non-hydrogen) atoms. The number of nitrogens with one attached hydrogen (secondary N) is 1. The Morgan fingerprint density at radius 3 is 2.52 bits per heavy atom. The molecule has 0 radical (unpaired) electrons. The van der Waals surface area contributed by atoms with Crippen molar-refractivity contribution in [2.24, 2.45) is 0 Å². The minimum absolute atomic E-state index is 0.140. The van der Waals surface area contributed by atoms with E-state index in [1.165, 1.54) is 11.8 Å². The van der Waals surface area contributed by atoms with Crippen molar-refractivity contribution >= 4 is 23.4 Å². The number of nitrogens with zero attached hydrogens (tertiary/aromatic N) is 3. The van der Waals surface area contributed by atoms with Gasteiger partial charge in [-0.05, 0) is 55.5 Å². The summed E-state index contributed by atoms with van der Waals surface area (Å²) in [5.41, 5.74) is 0.707. The van der Waals surface area contributed by atoms with Gasteiger partial charge in [0.2, 0.25) is 5.91 Å². The Bertz CT molecular complexity index is 1150. The molecule has 0 fully saturated rings. The lowest BCUT2D eigenvalue weighted by Crippen LogP contribution is -2.15. The van der Waals surface area contributed by atoms with E-state index in [4.69, 9.17) is 13.9 Å². The van der Waals surface area contributed by atoms with E-state index in [1.54, 1.807) is 6.26 Å². The first-order valence-electron chi connectivity index (χ1n) is 10.5. The third-order valence-corrected chi connectivity index (χ3v) is 5.55. The molecular formula is C24H24N4O4S. The molecule has 1 amide bonds. The summed E-state index contributed by atoms with van der Waals surface area (Å²) in [5.74, 6) is 2.96. The first kappa shape index (κ1) is 22.5. The molecule has 0 aliphatic heterocycles. The Morgan fingerprint density at radius 2 is 1.79 bits per heavy atom. The number of carbonyl (C=O) groups excluding carboxylic acids is 1. The second-order valence-corrected chi connectivity index (χ2v) is 7.90. The molecule has 4 aromatic rings. The van der Waals surface area contributed by atoms with E-state index in [0.29, 0.717) is 29.8 Å². The van der Waals surface area contributed by atoms with E-state index in [1.807, 2.05) is 78.2 Å². The summed E-state index contributed by atoms with van der Waals surface area (Å²) >= 11 is 1.31. The van der Waals surface area contributed by atoms with Crippen LogP contribution in [0.3, 0.4) is 0 Å². The monoisotopic (exact) mass is 464 g/mol. The number of ether oxygens (including phenoxy) is 2. The summed E-state index contributed by atoms with van der Waals surface area (Å²) in [6.07, 6.45) is 1.62. The van der Waals surface area contributed by atoms with Crippen LogP contribution >= 0.6 is 11.8 Å². The molecule has 0 aliphatic rings. The van der Waals surface area contributed by atoms with E-state index in [0.717, 1.165) is 17.3 Å². The van der Waals surface area contributed by atoms with Gasteiger partial charge in [0.15, 0.2) is 11.0 Å². The molecule has 1 N–H and O–H groups in total. The molecule has 9 heteroatoms. The van der Waals surface area contributed by atoms with Crippen LogP contribution in [0.4, 0.5) is 5.69 Å². The first-order valence-corrected chi connectivity index (χ1v) is 11.5. The Hall–Kier alpha value is -3.72. The number of furan rings is 1. The molecule has 2 aromatic heterocycles. The molecule has 0 saturated carbocycles. The van der Waals surface area contributed by atoms with Gasteiger partial charge in [0, 0.05) is 5.69 Å². The van der Waals surface area contributed by atoms with Gasteiger partial charge in [-0.25, -0.2) is 0 Å². The van der Waals surface area contributed by atoms with E-state index in [-0.39, 0.29) is 18.3 Å². The Kier molecular flexibility index (Phi) is 7.65. The minimum Gasteiger partial charge on any atom is -0.494 e. The molecule has 0 saturated heterocycles. The highest BCUT2D eigenvalue weighted by Gasteiger charge is 2.16. The van der Waals surface area contributed by atoms with Gasteiger partial charge in [-0.2, -0.15) is 0 Å². The lowest BCUT2D eigenvalue weighted by molar-refractivity contribution is -0.113. The van der Waals surface area contributed by atoms with Crippen LogP contribution in [0.25, 0.3) is 0 Å². The molecular weight excluding hydrogens is 440 g/mol. The number of anilines is 1. The predicted molar refractivity (Wildman–Crippen MR) is 126 cm³/mol. The zero-order valence-corrected chi connectivity index (χ0v) is 19.0. The number of rotatable bonds is 11. The highest BCUT2D eigenvalue weighted by molar-refractivity contribution is 7.99. The topological polar surface area (TPSA) is 91.4 Å². The van der Waals surface area contributed by atoms with Crippen molar-refractivity contribution in [1.82, 2.24) is 14.8 Å². The lowest BCUT2D eigenvalue weighted by Gasteiger charge is -2.10. The molecule has 0 atom stereocenters. The SMILES string of the molecule is CCOc1ccc(NC(=O)CSc2nnc(COc3ccccc3)n2Cc2ccco2)cc1. The highest BCUT2D eigenvalue weighted by Crippen LogP contribution is 2.21. The van der Waals surface area contributed by atoms with E-state index < -0.39 is 0 Å². The molecule has 0 aliphatic carbocycles. The Morgan fingerprint density at radius 1 is 1.00 bits per heavy atom. The second-order valence-electron chi connectivity index (χ2n) is 6.96. The van der Waals surface area contributed by atoms with E-state index >= 15 is 0 Å². The quantitative estimate of drug-likeness (QED) is 0.324. The van der Waals surface area contributed by atoms with Crippen LogP contribution in [0.15, 0.2) is 82.6 Å². The number of amides is 1. The van der Waals surface area contributed by atoms with Gasteiger partial charge in [0.25, 0.3) is 0 Å². The largest absolute Gasteiger partial charge is 0.494 e. The summed E-state index contributed by atoms with van der Waals surface area (Å²) in [5, 5.41) is 12.1. The number of aromatic nitrogens is 3. The van der Waals surface area contributed by atoms with Crippen LogP contribution in [0.5, 0.6) is 11.5 Å². The van der Waals surface area contributed by atoms with Gasteiger partial charge in [0.05, 0.1) is 25.2 Å². The number of hydrogen-bond acceptors (Lipinski definition) is 7. The van der Waals surface area contributed by atoms with Crippen molar-refractivity contribution in [3.05, 3.63) is 84.6 Å². The zero-order chi connectivity index (χ0) is 22.9. The third-order valence-electron chi connectivity index (χ3n) is 4.58. The number of carbonyl (C=O) groups is 1. The molecule has 2 aromatic carbocycles. The van der Waals surface area contributed by atoms with Gasteiger partial charge in [0.1, 0.15) is 23.9 Å². The summed E-state index contributed by atoms with van der Waals surface area (Å²) < 4.78 is 18.7. The Labute approximate surface area is 195 Å².